The van der Waals surface area contributed by atoms with Crippen LogP contribution < -0.4 is 5.32 Å². The Hall–Kier alpha value is -2.25. The Kier molecular flexibility index (Phi) is 5.15. The molecular weight excluding hydrogens is 343 g/mol. The minimum absolute atomic E-state index is 0.117. The highest BCUT2D eigenvalue weighted by atomic mass is 32.2. The minimum atomic E-state index is -3.57. The second-order valence-electron chi connectivity index (χ2n) is 5.90. The molecule has 3 rings (SSSR count). The lowest BCUT2D eigenvalue weighted by molar-refractivity contribution is 0.101. The van der Waals surface area contributed by atoms with E-state index in [0.717, 1.165) is 12.8 Å². The zero-order chi connectivity index (χ0) is 17.9. The van der Waals surface area contributed by atoms with Gasteiger partial charge in [0.1, 0.15) is 5.82 Å². The van der Waals surface area contributed by atoms with E-state index in [4.69, 9.17) is 0 Å². The van der Waals surface area contributed by atoms with Crippen LogP contribution in [0.3, 0.4) is 0 Å². The van der Waals surface area contributed by atoms with Crippen molar-refractivity contribution in [3.63, 3.8) is 0 Å². The molecular formula is C18H19FN2O3S. The van der Waals surface area contributed by atoms with E-state index in [0.29, 0.717) is 13.1 Å². The van der Waals surface area contributed by atoms with Gasteiger partial charge in [0.2, 0.25) is 10.0 Å². The van der Waals surface area contributed by atoms with Gasteiger partial charge in [0.05, 0.1) is 17.1 Å². The number of halogens is 1. The third-order valence-corrected chi connectivity index (χ3v) is 6.07. The van der Waals surface area contributed by atoms with Crippen LogP contribution in [0.1, 0.15) is 23.2 Å². The summed E-state index contributed by atoms with van der Waals surface area (Å²) in [6, 6.07) is 12.1. The molecule has 1 aliphatic rings. The van der Waals surface area contributed by atoms with E-state index in [1.54, 1.807) is 24.3 Å². The number of hydrogen-bond donors (Lipinski definition) is 1. The maximum Gasteiger partial charge on any atom is 0.243 e. The largest absolute Gasteiger partial charge is 0.375 e. The normalized spacial score (nSPS) is 15.2. The van der Waals surface area contributed by atoms with Crippen molar-refractivity contribution in [1.29, 1.82) is 0 Å². The van der Waals surface area contributed by atoms with Crippen LogP contribution in [0.15, 0.2) is 53.4 Å². The number of anilines is 1. The van der Waals surface area contributed by atoms with Gasteiger partial charge in [-0.1, -0.05) is 24.3 Å². The van der Waals surface area contributed by atoms with Gasteiger partial charge < -0.3 is 5.32 Å². The number of rotatable bonds is 6. The zero-order valence-corrected chi connectivity index (χ0v) is 14.4. The number of hydrogen-bond acceptors (Lipinski definition) is 4. The lowest BCUT2D eigenvalue weighted by atomic mass is 10.1. The van der Waals surface area contributed by atoms with Crippen LogP contribution in [0.25, 0.3) is 0 Å². The van der Waals surface area contributed by atoms with Crippen LogP contribution in [0.5, 0.6) is 0 Å². The Balaban J connectivity index is 1.74. The van der Waals surface area contributed by atoms with Crippen molar-refractivity contribution in [3.05, 3.63) is 59.9 Å². The fraction of sp³-hybridized carbons (Fsp3) is 0.278. The summed E-state index contributed by atoms with van der Waals surface area (Å²) >= 11 is 0. The van der Waals surface area contributed by atoms with Gasteiger partial charge >= 0.3 is 0 Å². The number of ketones is 1. The average molecular weight is 362 g/mol. The van der Waals surface area contributed by atoms with Crippen molar-refractivity contribution in [3.8, 4) is 0 Å². The van der Waals surface area contributed by atoms with Gasteiger partial charge in [0, 0.05) is 18.7 Å². The number of benzene rings is 2. The third kappa shape index (κ3) is 3.88. The molecule has 0 radical (unpaired) electrons. The molecule has 2 aromatic rings. The molecule has 2 aromatic carbocycles. The fourth-order valence-corrected chi connectivity index (χ4v) is 4.35. The molecule has 0 spiro atoms. The van der Waals surface area contributed by atoms with E-state index in [-0.39, 0.29) is 28.5 Å². The summed E-state index contributed by atoms with van der Waals surface area (Å²) in [4.78, 5) is 12.5. The molecule has 1 saturated heterocycles. The number of nitrogens with one attached hydrogen (secondary N) is 1. The molecule has 0 atom stereocenters. The maximum absolute atomic E-state index is 13.6. The van der Waals surface area contributed by atoms with Crippen LogP contribution in [-0.4, -0.2) is 38.1 Å². The second kappa shape index (κ2) is 7.33. The molecule has 0 bridgehead atoms. The highest BCUT2D eigenvalue weighted by Crippen LogP contribution is 2.22. The third-order valence-electron chi connectivity index (χ3n) is 4.17. The van der Waals surface area contributed by atoms with E-state index in [1.807, 2.05) is 0 Å². The number of carbonyl (C=O) groups excluding carboxylic acids is 1. The van der Waals surface area contributed by atoms with Crippen molar-refractivity contribution >= 4 is 21.5 Å². The first kappa shape index (κ1) is 17.6. The van der Waals surface area contributed by atoms with E-state index >= 15 is 0 Å². The van der Waals surface area contributed by atoms with Crippen molar-refractivity contribution in [1.82, 2.24) is 4.31 Å². The van der Waals surface area contributed by atoms with Crippen molar-refractivity contribution in [2.45, 2.75) is 17.7 Å². The number of nitrogens with zero attached hydrogens (tertiary/aromatic N) is 1. The number of para-hydroxylation sites is 1. The lowest BCUT2D eigenvalue weighted by Crippen LogP contribution is -2.28. The summed E-state index contributed by atoms with van der Waals surface area (Å²) in [7, 11) is -3.57. The molecule has 0 amide bonds. The first-order chi connectivity index (χ1) is 12.0. The summed E-state index contributed by atoms with van der Waals surface area (Å²) in [5.74, 6) is -0.748. The van der Waals surface area contributed by atoms with E-state index in [1.165, 1.54) is 28.6 Å². The highest BCUT2D eigenvalue weighted by Gasteiger charge is 2.27. The molecule has 0 saturated carbocycles. The minimum Gasteiger partial charge on any atom is -0.375 e. The van der Waals surface area contributed by atoms with Gasteiger partial charge in [-0.3, -0.25) is 4.79 Å². The molecule has 0 aromatic heterocycles. The zero-order valence-electron chi connectivity index (χ0n) is 13.6. The molecule has 5 nitrogen and oxygen atoms in total. The molecule has 0 unspecified atom stereocenters. The van der Waals surface area contributed by atoms with Crippen LogP contribution >= 0.6 is 0 Å². The Morgan fingerprint density at radius 1 is 1.08 bits per heavy atom. The van der Waals surface area contributed by atoms with Gasteiger partial charge in [0.25, 0.3) is 0 Å². The Bertz CT molecular complexity index is 877. The first-order valence-corrected chi connectivity index (χ1v) is 9.54. The SMILES string of the molecule is O=C(CNc1ccccc1F)c1cccc(S(=O)(=O)N2CCCC2)c1. The van der Waals surface area contributed by atoms with Crippen LogP contribution in [0.2, 0.25) is 0 Å². The van der Waals surface area contributed by atoms with Crippen LogP contribution in [-0.2, 0) is 10.0 Å². The summed E-state index contributed by atoms with van der Waals surface area (Å²) in [5, 5.41) is 2.74. The summed E-state index contributed by atoms with van der Waals surface area (Å²) in [6.07, 6.45) is 1.70. The van der Waals surface area contributed by atoms with Gasteiger partial charge in [0.15, 0.2) is 5.78 Å². The Labute approximate surface area is 146 Å². The first-order valence-electron chi connectivity index (χ1n) is 8.10. The van der Waals surface area contributed by atoms with Crippen molar-refractivity contribution < 1.29 is 17.6 Å². The lowest BCUT2D eigenvalue weighted by Gasteiger charge is -2.16. The highest BCUT2D eigenvalue weighted by molar-refractivity contribution is 7.89. The maximum atomic E-state index is 13.6. The molecule has 25 heavy (non-hydrogen) atoms. The predicted molar refractivity (Wildman–Crippen MR) is 93.7 cm³/mol. The number of carbonyl (C=O) groups is 1. The fourth-order valence-electron chi connectivity index (χ4n) is 2.79. The van der Waals surface area contributed by atoms with E-state index < -0.39 is 15.8 Å². The molecule has 1 heterocycles. The van der Waals surface area contributed by atoms with Crippen molar-refractivity contribution in [2.24, 2.45) is 0 Å². The Morgan fingerprint density at radius 2 is 1.80 bits per heavy atom. The van der Waals surface area contributed by atoms with E-state index in [2.05, 4.69) is 5.32 Å². The van der Waals surface area contributed by atoms with Crippen molar-refractivity contribution in [2.75, 3.05) is 25.0 Å². The van der Waals surface area contributed by atoms with Crippen LogP contribution in [0, 0.1) is 5.82 Å². The predicted octanol–water partition coefficient (Wildman–Crippen LogP) is 2.91. The standard InChI is InChI=1S/C18H19FN2O3S/c19-16-8-1-2-9-17(16)20-13-18(22)14-6-5-7-15(12-14)25(23,24)21-10-3-4-11-21/h1-2,5-9,12,20H,3-4,10-11,13H2. The topological polar surface area (TPSA) is 66.5 Å². The molecule has 1 N–H and O–H groups in total. The van der Waals surface area contributed by atoms with Gasteiger partial charge in [-0.05, 0) is 37.1 Å². The van der Waals surface area contributed by atoms with Gasteiger partial charge in [-0.25, -0.2) is 12.8 Å². The quantitative estimate of drug-likeness (QED) is 0.803. The summed E-state index contributed by atoms with van der Waals surface area (Å²) in [5.41, 5.74) is 0.515. The smallest absolute Gasteiger partial charge is 0.243 e. The summed E-state index contributed by atoms with van der Waals surface area (Å²) < 4.78 is 40.2. The molecule has 1 fully saturated rings. The average Bonchev–Trinajstić information content (AvgIpc) is 3.16. The van der Waals surface area contributed by atoms with E-state index in [9.17, 15) is 17.6 Å². The van der Waals surface area contributed by atoms with Crippen LogP contribution in [0.4, 0.5) is 10.1 Å². The van der Waals surface area contributed by atoms with Gasteiger partial charge in [-0.15, -0.1) is 0 Å². The Morgan fingerprint density at radius 3 is 2.52 bits per heavy atom. The molecule has 1 aliphatic heterocycles. The molecule has 0 aliphatic carbocycles. The monoisotopic (exact) mass is 362 g/mol. The molecule has 7 heteroatoms. The number of Topliss-reactive ketones (excluding diaryl/α,β-unsaturated/α-hetero) is 1. The van der Waals surface area contributed by atoms with Gasteiger partial charge in [-0.2, -0.15) is 4.31 Å². The second-order valence-corrected chi connectivity index (χ2v) is 7.83. The number of sulfonamides is 1. The molecule has 132 valence electrons. The summed E-state index contributed by atoms with van der Waals surface area (Å²) in [6.45, 7) is 0.902.